The summed E-state index contributed by atoms with van der Waals surface area (Å²) in [4.78, 5) is 37.5. The summed E-state index contributed by atoms with van der Waals surface area (Å²) in [6.07, 6.45) is -4.06. The minimum atomic E-state index is -4.53. The molecule has 2 N–H and O–H groups in total. The highest BCUT2D eigenvalue weighted by Gasteiger charge is 2.33. The molecule has 0 saturated heterocycles. The van der Waals surface area contributed by atoms with Crippen molar-refractivity contribution in [1.29, 1.82) is 0 Å². The fourth-order valence-corrected chi connectivity index (χ4v) is 5.23. The fraction of sp³-hybridized carbons (Fsp3) is 0.192. The van der Waals surface area contributed by atoms with Crippen LogP contribution in [0.25, 0.3) is 10.9 Å². The van der Waals surface area contributed by atoms with Crippen LogP contribution in [0.3, 0.4) is 0 Å². The number of carbonyl (C=O) groups is 2. The van der Waals surface area contributed by atoms with Crippen LogP contribution < -0.4 is 15.2 Å². The summed E-state index contributed by atoms with van der Waals surface area (Å²) in [6.45, 7) is -0.257. The lowest BCUT2D eigenvalue weighted by Crippen LogP contribution is -2.46. The second kappa shape index (κ2) is 11.4. The van der Waals surface area contributed by atoms with Gasteiger partial charge in [-0.3, -0.25) is 13.9 Å². The average Bonchev–Trinajstić information content (AvgIpc) is 2.91. The summed E-state index contributed by atoms with van der Waals surface area (Å²) in [7, 11) is -4.17. The number of hydrogen-bond acceptors (Lipinski definition) is 7. The largest absolute Gasteiger partial charge is 0.480 e. The maximum atomic E-state index is 12.8. The number of nitrogens with one attached hydrogen (secondary N) is 1. The molecular weight excluding hydrogens is 567 g/mol. The molecule has 1 aromatic heterocycles. The summed E-state index contributed by atoms with van der Waals surface area (Å²) in [5.74, 6) is -2.17. The van der Waals surface area contributed by atoms with Gasteiger partial charge >= 0.3 is 12.1 Å². The van der Waals surface area contributed by atoms with Crippen LogP contribution in [-0.2, 0) is 27.5 Å². The van der Waals surface area contributed by atoms with E-state index in [-0.39, 0.29) is 35.3 Å². The molecule has 1 atom stereocenters. The van der Waals surface area contributed by atoms with Crippen molar-refractivity contribution < 1.29 is 36.3 Å². The zero-order valence-corrected chi connectivity index (χ0v) is 22.1. The Kier molecular flexibility index (Phi) is 8.10. The Morgan fingerprint density at radius 2 is 1.66 bits per heavy atom. The first-order valence-corrected chi connectivity index (χ1v) is 13.7. The number of sulfonamides is 1. The molecule has 0 aliphatic rings. The topological polar surface area (TPSA) is 152 Å². The first-order chi connectivity index (χ1) is 19.3. The highest BCUT2D eigenvalue weighted by atomic mass is 32.2. The minimum absolute atomic E-state index is 0.0342. The van der Waals surface area contributed by atoms with Gasteiger partial charge in [0.2, 0.25) is 10.0 Å². The molecule has 0 aliphatic carbocycles. The Bertz CT molecular complexity index is 1760. The third kappa shape index (κ3) is 6.69. The van der Waals surface area contributed by atoms with Gasteiger partial charge in [-0.15, -0.1) is 5.10 Å². The minimum Gasteiger partial charge on any atom is -0.480 e. The van der Waals surface area contributed by atoms with Gasteiger partial charge in [0.1, 0.15) is 11.6 Å². The van der Waals surface area contributed by atoms with Gasteiger partial charge in [0.15, 0.2) is 0 Å². The first-order valence-electron chi connectivity index (χ1n) is 11.9. The summed E-state index contributed by atoms with van der Waals surface area (Å²) in [6, 6.07) is 13.5. The van der Waals surface area contributed by atoms with E-state index in [0.717, 1.165) is 35.2 Å². The van der Waals surface area contributed by atoms with E-state index in [9.17, 15) is 41.1 Å². The Morgan fingerprint density at radius 3 is 2.24 bits per heavy atom. The number of alkyl halides is 3. The maximum Gasteiger partial charge on any atom is 0.416 e. The Balaban J connectivity index is 1.54. The molecule has 0 aliphatic heterocycles. The van der Waals surface area contributed by atoms with E-state index in [1.54, 1.807) is 18.2 Å². The molecule has 0 bridgehead atoms. The van der Waals surface area contributed by atoms with Crippen LogP contribution in [0.1, 0.15) is 22.3 Å². The molecule has 15 heteroatoms. The van der Waals surface area contributed by atoms with Crippen molar-refractivity contribution in [3.63, 3.8) is 0 Å². The van der Waals surface area contributed by atoms with Crippen LogP contribution >= 0.6 is 0 Å². The van der Waals surface area contributed by atoms with Crippen molar-refractivity contribution in [2.24, 2.45) is 0 Å². The van der Waals surface area contributed by atoms with Crippen LogP contribution in [0.4, 0.5) is 24.5 Å². The Hall–Kier alpha value is -4.79. The van der Waals surface area contributed by atoms with Crippen LogP contribution in [-0.4, -0.2) is 52.7 Å². The van der Waals surface area contributed by atoms with Gasteiger partial charge in [0, 0.05) is 17.8 Å². The van der Waals surface area contributed by atoms with Gasteiger partial charge in [-0.25, -0.2) is 17.9 Å². The number of aromatic nitrogens is 3. The van der Waals surface area contributed by atoms with Crippen LogP contribution in [0.5, 0.6) is 0 Å². The third-order valence-corrected chi connectivity index (χ3v) is 7.20. The molecule has 1 unspecified atom stereocenters. The number of benzene rings is 3. The second-order valence-corrected chi connectivity index (χ2v) is 10.8. The van der Waals surface area contributed by atoms with E-state index in [1.807, 2.05) is 0 Å². The quantitative estimate of drug-likeness (QED) is 0.302. The molecule has 214 valence electrons. The van der Waals surface area contributed by atoms with Crippen molar-refractivity contribution in [1.82, 2.24) is 15.0 Å². The third-order valence-electron chi connectivity index (χ3n) is 6.02. The lowest BCUT2D eigenvalue weighted by atomic mass is 10.1. The standard InChI is InChI=1S/C26H22F3N5O6S/c1-41(39,40)34(22(25(37)38)14-15-33-24(36)20-4-2-3-5-21(20)31-32-33)19-12-6-16(7-13-19)23(35)30-18-10-8-17(9-11-18)26(27,28)29/h2-13,22H,14-15H2,1H3,(H,30,35)(H,37,38). The van der Waals surface area contributed by atoms with E-state index in [4.69, 9.17) is 0 Å². The van der Waals surface area contributed by atoms with Gasteiger partial charge < -0.3 is 10.4 Å². The van der Waals surface area contributed by atoms with E-state index in [1.165, 1.54) is 30.3 Å². The van der Waals surface area contributed by atoms with Crippen molar-refractivity contribution >= 4 is 44.2 Å². The zero-order valence-electron chi connectivity index (χ0n) is 21.2. The summed E-state index contributed by atoms with van der Waals surface area (Å²) in [5, 5.41) is 20.3. The van der Waals surface area contributed by atoms with E-state index >= 15 is 0 Å². The van der Waals surface area contributed by atoms with Crippen molar-refractivity contribution in [3.05, 3.63) is 94.3 Å². The lowest BCUT2D eigenvalue weighted by molar-refractivity contribution is -0.139. The van der Waals surface area contributed by atoms with Crippen molar-refractivity contribution in [2.75, 3.05) is 15.9 Å². The van der Waals surface area contributed by atoms with Crippen molar-refractivity contribution in [3.8, 4) is 0 Å². The fourth-order valence-electron chi connectivity index (χ4n) is 4.06. The number of hydrogen-bond donors (Lipinski definition) is 2. The molecule has 1 amide bonds. The molecule has 11 nitrogen and oxygen atoms in total. The monoisotopic (exact) mass is 589 g/mol. The summed E-state index contributed by atoms with van der Waals surface area (Å²) >= 11 is 0. The lowest BCUT2D eigenvalue weighted by Gasteiger charge is -2.29. The van der Waals surface area contributed by atoms with Crippen LogP contribution in [0.2, 0.25) is 0 Å². The SMILES string of the molecule is CS(=O)(=O)N(c1ccc(C(=O)Nc2ccc(C(F)(F)F)cc2)cc1)C(CCn1nnc2ccccc2c1=O)C(=O)O. The number of amides is 1. The number of carboxylic acids is 1. The molecule has 0 saturated carbocycles. The number of halogens is 3. The van der Waals surface area contributed by atoms with Crippen molar-refractivity contribution in [2.45, 2.75) is 25.2 Å². The van der Waals surface area contributed by atoms with Crippen LogP contribution in [0.15, 0.2) is 77.6 Å². The molecule has 3 aromatic carbocycles. The Morgan fingerprint density at radius 1 is 1.02 bits per heavy atom. The normalized spacial score (nSPS) is 12.6. The van der Waals surface area contributed by atoms with Gasteiger partial charge in [0.25, 0.3) is 11.5 Å². The number of nitrogens with zero attached hydrogens (tertiary/aromatic N) is 4. The number of aliphatic carboxylic acids is 1. The average molecular weight is 590 g/mol. The van der Waals surface area contributed by atoms with Gasteiger partial charge in [-0.1, -0.05) is 17.3 Å². The number of carboxylic acid groups (broad SMARTS) is 1. The predicted octanol–water partition coefficient (Wildman–Crippen LogP) is 3.37. The molecule has 0 spiro atoms. The highest BCUT2D eigenvalue weighted by Crippen LogP contribution is 2.30. The molecule has 4 aromatic rings. The summed E-state index contributed by atoms with van der Waals surface area (Å²) in [5.41, 5.74) is -0.985. The summed E-state index contributed by atoms with van der Waals surface area (Å²) < 4.78 is 65.3. The second-order valence-electron chi connectivity index (χ2n) is 8.91. The number of fused-ring (bicyclic) bond motifs is 1. The predicted molar refractivity (Wildman–Crippen MR) is 143 cm³/mol. The molecular formula is C26H22F3N5O6S. The van der Waals surface area contributed by atoms with Gasteiger partial charge in [-0.05, 0) is 67.1 Å². The molecule has 41 heavy (non-hydrogen) atoms. The zero-order chi connectivity index (χ0) is 29.9. The molecule has 4 rings (SSSR count). The van der Waals surface area contributed by atoms with Gasteiger partial charge in [-0.2, -0.15) is 13.2 Å². The van der Waals surface area contributed by atoms with E-state index in [2.05, 4.69) is 15.6 Å². The first kappa shape index (κ1) is 29.2. The number of anilines is 2. The molecule has 1 heterocycles. The maximum absolute atomic E-state index is 12.8. The van der Waals surface area contributed by atoms with Gasteiger partial charge in [0.05, 0.1) is 22.9 Å². The number of carbonyl (C=O) groups excluding carboxylic acids is 1. The van der Waals surface area contributed by atoms with E-state index < -0.39 is 45.2 Å². The Labute approximate surface area is 230 Å². The van der Waals surface area contributed by atoms with Crippen LogP contribution in [0, 0.1) is 0 Å². The van der Waals surface area contributed by atoms with E-state index in [0.29, 0.717) is 9.82 Å². The number of aryl methyl sites for hydroxylation is 1. The molecule has 0 radical (unpaired) electrons. The smallest absolute Gasteiger partial charge is 0.416 e. The highest BCUT2D eigenvalue weighted by molar-refractivity contribution is 7.92. The molecule has 0 fully saturated rings. The number of rotatable bonds is 9.